The van der Waals surface area contributed by atoms with Crippen molar-refractivity contribution in [3.63, 3.8) is 0 Å². The lowest BCUT2D eigenvalue weighted by Gasteiger charge is -2.32. The van der Waals surface area contributed by atoms with Crippen LogP contribution in [0.15, 0.2) is 115 Å². The molecule has 1 atom stereocenters. The molecule has 0 saturated heterocycles. The van der Waals surface area contributed by atoms with Crippen LogP contribution >= 0.6 is 0 Å². The number of carbonyl (C=O) groups is 2. The Morgan fingerprint density at radius 2 is 1.32 bits per heavy atom. The summed E-state index contributed by atoms with van der Waals surface area (Å²) < 4.78 is 5.42. The average Bonchev–Trinajstić information content (AvgIpc) is 2.98. The molecule has 0 aliphatic heterocycles. The molecule has 4 rings (SSSR count). The molecule has 4 aromatic carbocycles. The third-order valence-electron chi connectivity index (χ3n) is 6.79. The molecular formula is C33H34N2O3. The van der Waals surface area contributed by atoms with E-state index >= 15 is 0 Å². The van der Waals surface area contributed by atoms with Crippen LogP contribution in [-0.2, 0) is 22.6 Å². The van der Waals surface area contributed by atoms with Gasteiger partial charge in [-0.15, -0.1) is 0 Å². The maximum atomic E-state index is 14.2. The lowest BCUT2D eigenvalue weighted by Crippen LogP contribution is -2.50. The van der Waals surface area contributed by atoms with Gasteiger partial charge in [0.2, 0.25) is 11.8 Å². The van der Waals surface area contributed by atoms with E-state index in [1.807, 2.05) is 91.0 Å². The van der Waals surface area contributed by atoms with Crippen LogP contribution in [-0.4, -0.2) is 36.9 Å². The number of nitrogens with zero attached hydrogens (tertiary/aromatic N) is 1. The zero-order valence-electron chi connectivity index (χ0n) is 21.9. The van der Waals surface area contributed by atoms with Gasteiger partial charge in [0.1, 0.15) is 11.8 Å². The summed E-state index contributed by atoms with van der Waals surface area (Å²) in [6.45, 7) is 0.289. The lowest BCUT2D eigenvalue weighted by atomic mass is 9.87. The zero-order valence-corrected chi connectivity index (χ0v) is 21.9. The van der Waals surface area contributed by atoms with Gasteiger partial charge in [0.25, 0.3) is 0 Å². The lowest BCUT2D eigenvalue weighted by molar-refractivity contribution is -0.141. The van der Waals surface area contributed by atoms with Crippen molar-refractivity contribution in [2.24, 2.45) is 0 Å². The van der Waals surface area contributed by atoms with E-state index in [4.69, 9.17) is 4.74 Å². The fourth-order valence-electron chi connectivity index (χ4n) is 4.78. The standard InChI is InChI=1S/C33H34N2O3/c1-34-33(37)31(22-25-13-6-3-7-14-25)35(24-26-15-12-20-29(21-26)38-2)32(36)23-30(27-16-8-4-9-17-27)28-18-10-5-11-19-28/h3-21,30-31H,22-24H2,1-2H3,(H,34,37)/t31-/m0/s1. The van der Waals surface area contributed by atoms with Crippen LogP contribution in [0.4, 0.5) is 0 Å². The quantitative estimate of drug-likeness (QED) is 0.288. The molecule has 5 heteroatoms. The van der Waals surface area contributed by atoms with E-state index in [2.05, 4.69) is 29.6 Å². The van der Waals surface area contributed by atoms with Crippen molar-refractivity contribution >= 4 is 11.8 Å². The molecule has 1 N–H and O–H groups in total. The Hall–Kier alpha value is -4.38. The molecule has 0 aliphatic carbocycles. The second-order valence-corrected chi connectivity index (χ2v) is 9.27. The Balaban J connectivity index is 1.72. The smallest absolute Gasteiger partial charge is 0.242 e. The van der Waals surface area contributed by atoms with E-state index in [-0.39, 0.29) is 30.7 Å². The van der Waals surface area contributed by atoms with Crippen LogP contribution < -0.4 is 10.1 Å². The fraction of sp³-hybridized carbons (Fsp3) is 0.212. The Kier molecular flexibility index (Phi) is 9.30. The molecule has 0 saturated carbocycles. The molecule has 0 spiro atoms. The van der Waals surface area contributed by atoms with Crippen molar-refractivity contribution in [1.82, 2.24) is 10.2 Å². The van der Waals surface area contributed by atoms with Crippen molar-refractivity contribution in [3.05, 3.63) is 138 Å². The number of methoxy groups -OCH3 is 1. The molecule has 0 heterocycles. The Morgan fingerprint density at radius 1 is 0.763 bits per heavy atom. The first kappa shape index (κ1) is 26.7. The van der Waals surface area contributed by atoms with E-state index in [1.165, 1.54) is 0 Å². The SMILES string of the molecule is CNC(=O)[C@H](Cc1ccccc1)N(Cc1cccc(OC)c1)C(=O)CC(c1ccccc1)c1ccccc1. The summed E-state index contributed by atoms with van der Waals surface area (Å²) in [5, 5.41) is 2.79. The highest BCUT2D eigenvalue weighted by Gasteiger charge is 2.31. The van der Waals surface area contributed by atoms with Gasteiger partial charge in [-0.05, 0) is 34.4 Å². The number of rotatable bonds is 11. The first-order chi connectivity index (χ1) is 18.6. The minimum atomic E-state index is -0.673. The monoisotopic (exact) mass is 506 g/mol. The molecule has 0 fully saturated rings. The molecule has 0 unspecified atom stereocenters. The van der Waals surface area contributed by atoms with Crippen LogP contribution in [0, 0.1) is 0 Å². The summed E-state index contributed by atoms with van der Waals surface area (Å²) in [4.78, 5) is 29.2. The van der Waals surface area contributed by atoms with Crippen LogP contribution in [0.3, 0.4) is 0 Å². The first-order valence-corrected chi connectivity index (χ1v) is 12.9. The van der Waals surface area contributed by atoms with Crippen LogP contribution in [0.1, 0.15) is 34.6 Å². The van der Waals surface area contributed by atoms with Crippen LogP contribution in [0.5, 0.6) is 5.75 Å². The number of likely N-dealkylation sites (N-methyl/N-ethyl adjacent to an activating group) is 1. The van der Waals surface area contributed by atoms with Crippen molar-refractivity contribution in [2.45, 2.75) is 31.3 Å². The Morgan fingerprint density at radius 3 is 1.87 bits per heavy atom. The second kappa shape index (κ2) is 13.2. The zero-order chi connectivity index (χ0) is 26.7. The molecule has 0 radical (unpaired) electrons. The minimum Gasteiger partial charge on any atom is -0.497 e. The van der Waals surface area contributed by atoms with Crippen molar-refractivity contribution in [1.29, 1.82) is 0 Å². The van der Waals surface area contributed by atoms with Crippen molar-refractivity contribution in [3.8, 4) is 5.75 Å². The molecule has 2 amide bonds. The summed E-state index contributed by atoms with van der Waals surface area (Å²) in [5.41, 5.74) is 4.02. The maximum absolute atomic E-state index is 14.2. The predicted molar refractivity (Wildman–Crippen MR) is 151 cm³/mol. The number of amides is 2. The number of carbonyl (C=O) groups excluding carboxylic acids is 2. The summed E-state index contributed by atoms with van der Waals surface area (Å²) in [6, 6.07) is 36.9. The Labute approximate surface area is 225 Å². The first-order valence-electron chi connectivity index (χ1n) is 12.9. The largest absolute Gasteiger partial charge is 0.497 e. The van der Waals surface area contributed by atoms with Gasteiger partial charge in [0.15, 0.2) is 0 Å². The van der Waals surface area contributed by atoms with Gasteiger partial charge >= 0.3 is 0 Å². The molecule has 194 valence electrons. The highest BCUT2D eigenvalue weighted by atomic mass is 16.5. The summed E-state index contributed by atoms with van der Waals surface area (Å²) in [5.74, 6) is 0.289. The number of hydrogen-bond acceptors (Lipinski definition) is 3. The highest BCUT2D eigenvalue weighted by Crippen LogP contribution is 2.30. The molecule has 0 aromatic heterocycles. The fourth-order valence-corrected chi connectivity index (χ4v) is 4.78. The molecule has 4 aromatic rings. The van der Waals surface area contributed by atoms with E-state index in [0.717, 1.165) is 22.3 Å². The third-order valence-corrected chi connectivity index (χ3v) is 6.79. The van der Waals surface area contributed by atoms with Gasteiger partial charge in [-0.2, -0.15) is 0 Å². The number of nitrogens with one attached hydrogen (secondary N) is 1. The van der Waals surface area contributed by atoms with Gasteiger partial charge in [-0.25, -0.2) is 0 Å². The summed E-state index contributed by atoms with van der Waals surface area (Å²) >= 11 is 0. The highest BCUT2D eigenvalue weighted by molar-refractivity contribution is 5.88. The summed E-state index contributed by atoms with van der Waals surface area (Å²) in [7, 11) is 3.24. The van der Waals surface area contributed by atoms with Gasteiger partial charge in [0, 0.05) is 32.4 Å². The van der Waals surface area contributed by atoms with Crippen LogP contribution in [0.2, 0.25) is 0 Å². The number of hydrogen-bond donors (Lipinski definition) is 1. The van der Waals surface area contributed by atoms with E-state index in [1.54, 1.807) is 19.1 Å². The average molecular weight is 507 g/mol. The Bertz CT molecular complexity index is 1270. The number of ether oxygens (including phenoxy) is 1. The predicted octanol–water partition coefficient (Wildman–Crippen LogP) is 5.60. The van der Waals surface area contributed by atoms with E-state index in [0.29, 0.717) is 12.2 Å². The van der Waals surface area contributed by atoms with Crippen LogP contribution in [0.25, 0.3) is 0 Å². The van der Waals surface area contributed by atoms with Crippen molar-refractivity contribution < 1.29 is 14.3 Å². The second-order valence-electron chi connectivity index (χ2n) is 9.27. The topological polar surface area (TPSA) is 58.6 Å². The van der Waals surface area contributed by atoms with Gasteiger partial charge in [-0.3, -0.25) is 9.59 Å². The van der Waals surface area contributed by atoms with Gasteiger partial charge in [-0.1, -0.05) is 103 Å². The van der Waals surface area contributed by atoms with Gasteiger partial charge < -0.3 is 15.0 Å². The van der Waals surface area contributed by atoms with E-state index in [9.17, 15) is 9.59 Å². The normalized spacial score (nSPS) is 11.6. The van der Waals surface area contributed by atoms with Gasteiger partial charge in [0.05, 0.1) is 7.11 Å². The molecule has 38 heavy (non-hydrogen) atoms. The summed E-state index contributed by atoms with van der Waals surface area (Å²) in [6.07, 6.45) is 0.651. The van der Waals surface area contributed by atoms with Crippen molar-refractivity contribution in [2.75, 3.05) is 14.2 Å². The molecule has 5 nitrogen and oxygen atoms in total. The third kappa shape index (κ3) is 6.88. The molecule has 0 aliphatic rings. The molecular weight excluding hydrogens is 472 g/mol. The molecule has 0 bridgehead atoms. The maximum Gasteiger partial charge on any atom is 0.242 e. The minimum absolute atomic E-state index is 0.0879. The number of benzene rings is 4. The van der Waals surface area contributed by atoms with E-state index < -0.39 is 6.04 Å².